The molecule has 3 heteroatoms. The summed E-state index contributed by atoms with van der Waals surface area (Å²) in [6.07, 6.45) is 5.92. The van der Waals surface area contributed by atoms with Gasteiger partial charge in [0.15, 0.2) is 0 Å². The van der Waals surface area contributed by atoms with E-state index in [1.807, 2.05) is 17.5 Å². The van der Waals surface area contributed by atoms with Gasteiger partial charge >= 0.3 is 5.97 Å². The standard InChI is InChI=1S/C11H14O2S/c12-11(10-7-4-8-14-10)13-9-5-2-1-3-6-9/h4,7-9H,1-3,5-6H2. The molecule has 1 aliphatic rings. The number of ether oxygens (including phenoxy) is 1. The molecule has 76 valence electrons. The van der Waals surface area contributed by atoms with Crippen LogP contribution in [-0.4, -0.2) is 12.1 Å². The summed E-state index contributed by atoms with van der Waals surface area (Å²) in [5.74, 6) is -0.146. The van der Waals surface area contributed by atoms with Crippen LogP contribution >= 0.6 is 11.3 Å². The van der Waals surface area contributed by atoms with E-state index in [9.17, 15) is 4.79 Å². The Morgan fingerprint density at radius 2 is 2.14 bits per heavy atom. The van der Waals surface area contributed by atoms with Gasteiger partial charge in [0, 0.05) is 0 Å². The largest absolute Gasteiger partial charge is 0.458 e. The average molecular weight is 210 g/mol. The van der Waals surface area contributed by atoms with E-state index >= 15 is 0 Å². The maximum Gasteiger partial charge on any atom is 0.348 e. The number of hydrogen-bond acceptors (Lipinski definition) is 3. The number of hydrogen-bond donors (Lipinski definition) is 0. The van der Waals surface area contributed by atoms with Crippen LogP contribution in [0.2, 0.25) is 0 Å². The first-order valence-corrected chi connectivity index (χ1v) is 5.99. The van der Waals surface area contributed by atoms with Crippen molar-refractivity contribution in [2.75, 3.05) is 0 Å². The van der Waals surface area contributed by atoms with E-state index in [1.165, 1.54) is 30.6 Å². The predicted molar refractivity (Wildman–Crippen MR) is 56.6 cm³/mol. The molecule has 0 atom stereocenters. The number of rotatable bonds is 2. The minimum atomic E-state index is -0.146. The first-order valence-electron chi connectivity index (χ1n) is 5.11. The fraction of sp³-hybridized carbons (Fsp3) is 0.545. The number of carbonyl (C=O) groups is 1. The third-order valence-corrected chi connectivity index (χ3v) is 3.40. The molecular formula is C11H14O2S. The lowest BCUT2D eigenvalue weighted by Gasteiger charge is -2.21. The van der Waals surface area contributed by atoms with Crippen molar-refractivity contribution in [3.05, 3.63) is 22.4 Å². The first kappa shape index (κ1) is 9.71. The Bertz CT molecular complexity index is 286. The second kappa shape index (κ2) is 4.60. The van der Waals surface area contributed by atoms with Crippen molar-refractivity contribution in [1.82, 2.24) is 0 Å². The van der Waals surface area contributed by atoms with Crippen molar-refractivity contribution >= 4 is 17.3 Å². The molecule has 0 spiro atoms. The van der Waals surface area contributed by atoms with Crippen LogP contribution in [0, 0.1) is 0 Å². The Balaban J connectivity index is 1.87. The minimum absolute atomic E-state index is 0.146. The highest BCUT2D eigenvalue weighted by molar-refractivity contribution is 7.11. The molecule has 1 saturated carbocycles. The molecule has 1 fully saturated rings. The molecule has 0 saturated heterocycles. The first-order chi connectivity index (χ1) is 6.86. The van der Waals surface area contributed by atoms with Gasteiger partial charge < -0.3 is 4.74 Å². The highest BCUT2D eigenvalue weighted by Gasteiger charge is 2.18. The summed E-state index contributed by atoms with van der Waals surface area (Å²) in [7, 11) is 0. The highest BCUT2D eigenvalue weighted by atomic mass is 32.1. The topological polar surface area (TPSA) is 26.3 Å². The quantitative estimate of drug-likeness (QED) is 0.700. The van der Waals surface area contributed by atoms with Gasteiger partial charge in [-0.05, 0) is 37.1 Å². The molecule has 0 amide bonds. The molecule has 0 radical (unpaired) electrons. The van der Waals surface area contributed by atoms with Gasteiger partial charge in [0.25, 0.3) is 0 Å². The zero-order chi connectivity index (χ0) is 9.80. The summed E-state index contributed by atoms with van der Waals surface area (Å²) < 4.78 is 5.41. The van der Waals surface area contributed by atoms with Crippen LogP contribution in [0.5, 0.6) is 0 Å². The maximum atomic E-state index is 11.6. The summed E-state index contributed by atoms with van der Waals surface area (Å²) in [4.78, 5) is 12.3. The molecule has 0 bridgehead atoms. The van der Waals surface area contributed by atoms with E-state index in [0.29, 0.717) is 0 Å². The summed E-state index contributed by atoms with van der Waals surface area (Å²) in [5.41, 5.74) is 0. The van der Waals surface area contributed by atoms with Crippen LogP contribution in [0.3, 0.4) is 0 Å². The van der Waals surface area contributed by atoms with Crippen molar-refractivity contribution in [2.45, 2.75) is 38.2 Å². The van der Waals surface area contributed by atoms with Crippen molar-refractivity contribution in [2.24, 2.45) is 0 Å². The van der Waals surface area contributed by atoms with Crippen LogP contribution in [-0.2, 0) is 4.74 Å². The molecule has 0 N–H and O–H groups in total. The Labute approximate surface area is 87.9 Å². The summed E-state index contributed by atoms with van der Waals surface area (Å²) in [5, 5.41) is 1.90. The Morgan fingerprint density at radius 1 is 1.36 bits per heavy atom. The molecule has 1 aromatic rings. The zero-order valence-corrected chi connectivity index (χ0v) is 8.89. The fourth-order valence-corrected chi connectivity index (χ4v) is 2.39. The minimum Gasteiger partial charge on any atom is -0.458 e. The van der Waals surface area contributed by atoms with Crippen LogP contribution in [0.1, 0.15) is 41.8 Å². The Kier molecular flexibility index (Phi) is 3.19. The fourth-order valence-electron chi connectivity index (χ4n) is 1.79. The lowest BCUT2D eigenvalue weighted by molar-refractivity contribution is 0.0217. The molecule has 0 unspecified atom stereocenters. The summed E-state index contributed by atoms with van der Waals surface area (Å²) in [6.45, 7) is 0. The van der Waals surface area contributed by atoms with E-state index in [-0.39, 0.29) is 12.1 Å². The van der Waals surface area contributed by atoms with Gasteiger partial charge in [0.2, 0.25) is 0 Å². The van der Waals surface area contributed by atoms with E-state index in [0.717, 1.165) is 17.7 Å². The van der Waals surface area contributed by atoms with Crippen LogP contribution in [0.15, 0.2) is 17.5 Å². The van der Waals surface area contributed by atoms with Gasteiger partial charge in [-0.3, -0.25) is 0 Å². The molecule has 1 heterocycles. The highest BCUT2D eigenvalue weighted by Crippen LogP contribution is 2.22. The Hall–Kier alpha value is -0.830. The van der Waals surface area contributed by atoms with Crippen LogP contribution in [0.25, 0.3) is 0 Å². The number of esters is 1. The van der Waals surface area contributed by atoms with Gasteiger partial charge in [0.1, 0.15) is 11.0 Å². The second-order valence-corrected chi connectivity index (χ2v) is 4.59. The third-order valence-electron chi connectivity index (χ3n) is 2.55. The lowest BCUT2D eigenvalue weighted by Crippen LogP contribution is -2.20. The monoisotopic (exact) mass is 210 g/mol. The molecule has 0 aromatic carbocycles. The van der Waals surface area contributed by atoms with Crippen molar-refractivity contribution in [1.29, 1.82) is 0 Å². The van der Waals surface area contributed by atoms with Gasteiger partial charge in [-0.1, -0.05) is 12.5 Å². The molecular weight excluding hydrogens is 196 g/mol. The molecule has 2 rings (SSSR count). The molecule has 14 heavy (non-hydrogen) atoms. The molecule has 0 aliphatic heterocycles. The van der Waals surface area contributed by atoms with Gasteiger partial charge in [0.05, 0.1) is 0 Å². The predicted octanol–water partition coefficient (Wildman–Crippen LogP) is 3.24. The normalized spacial score (nSPS) is 18.0. The smallest absolute Gasteiger partial charge is 0.348 e. The maximum absolute atomic E-state index is 11.6. The van der Waals surface area contributed by atoms with Crippen molar-refractivity contribution in [3.63, 3.8) is 0 Å². The van der Waals surface area contributed by atoms with E-state index in [2.05, 4.69) is 0 Å². The SMILES string of the molecule is O=C(OC1CCCCC1)c1cccs1. The van der Waals surface area contributed by atoms with Gasteiger partial charge in [-0.2, -0.15) is 0 Å². The number of thiophene rings is 1. The van der Waals surface area contributed by atoms with Crippen molar-refractivity contribution < 1.29 is 9.53 Å². The summed E-state index contributed by atoms with van der Waals surface area (Å²) in [6, 6.07) is 3.69. The van der Waals surface area contributed by atoms with E-state index in [4.69, 9.17) is 4.74 Å². The molecule has 1 aliphatic carbocycles. The zero-order valence-electron chi connectivity index (χ0n) is 8.07. The molecule has 1 aromatic heterocycles. The van der Waals surface area contributed by atoms with Gasteiger partial charge in [-0.15, -0.1) is 11.3 Å². The van der Waals surface area contributed by atoms with E-state index in [1.54, 1.807) is 0 Å². The Morgan fingerprint density at radius 3 is 2.79 bits per heavy atom. The van der Waals surface area contributed by atoms with E-state index < -0.39 is 0 Å². The summed E-state index contributed by atoms with van der Waals surface area (Å²) >= 11 is 1.45. The number of carbonyl (C=O) groups excluding carboxylic acids is 1. The second-order valence-electron chi connectivity index (χ2n) is 3.64. The molecule has 2 nitrogen and oxygen atoms in total. The average Bonchev–Trinajstić information content (AvgIpc) is 2.72. The van der Waals surface area contributed by atoms with Gasteiger partial charge in [-0.25, -0.2) is 4.79 Å². The van der Waals surface area contributed by atoms with Crippen LogP contribution in [0.4, 0.5) is 0 Å². The van der Waals surface area contributed by atoms with Crippen LogP contribution < -0.4 is 0 Å². The lowest BCUT2D eigenvalue weighted by atomic mass is 9.98. The third kappa shape index (κ3) is 2.35. The van der Waals surface area contributed by atoms with Crippen molar-refractivity contribution in [3.8, 4) is 0 Å².